The number of hydrogen-bond donors (Lipinski definition) is 0. The maximum Gasteiger partial charge on any atom is 0.620 e. The zero-order valence-electron chi connectivity index (χ0n) is 8.46. The highest BCUT2D eigenvalue weighted by molar-refractivity contribution is 6.90. The zero-order chi connectivity index (χ0) is 10.3. The van der Waals surface area contributed by atoms with Crippen molar-refractivity contribution in [1.82, 2.24) is 0 Å². The molecule has 0 bridgehead atoms. The molecular weight excluding hydrogens is 192 g/mol. The SMILES string of the molecule is CCCOC(=O)[Si](OC)(OC)OC. The highest BCUT2D eigenvalue weighted by atomic mass is 28.4. The fraction of sp³-hybridized carbons (Fsp3) is 0.857. The van der Waals surface area contributed by atoms with Crippen molar-refractivity contribution in [2.45, 2.75) is 13.3 Å². The van der Waals surface area contributed by atoms with Crippen LogP contribution < -0.4 is 0 Å². The van der Waals surface area contributed by atoms with Gasteiger partial charge in [0.2, 0.25) is 0 Å². The van der Waals surface area contributed by atoms with Crippen LogP contribution in [-0.2, 0) is 18.0 Å². The lowest BCUT2D eigenvalue weighted by Gasteiger charge is -2.21. The third-order valence-corrected chi connectivity index (χ3v) is 3.75. The predicted molar refractivity (Wildman–Crippen MR) is 48.4 cm³/mol. The van der Waals surface area contributed by atoms with Crippen LogP contribution in [0, 0.1) is 0 Å². The molecule has 0 N–H and O–H groups in total. The molecule has 0 aliphatic rings. The molecule has 0 atom stereocenters. The zero-order valence-corrected chi connectivity index (χ0v) is 9.46. The van der Waals surface area contributed by atoms with E-state index in [2.05, 4.69) is 0 Å². The average Bonchev–Trinajstić information content (AvgIpc) is 2.18. The van der Waals surface area contributed by atoms with Gasteiger partial charge in [0.25, 0.3) is 0 Å². The van der Waals surface area contributed by atoms with Crippen LogP contribution in [0.3, 0.4) is 0 Å². The fourth-order valence-corrected chi connectivity index (χ4v) is 2.06. The molecule has 0 unspecified atom stereocenters. The van der Waals surface area contributed by atoms with Gasteiger partial charge < -0.3 is 18.0 Å². The van der Waals surface area contributed by atoms with Gasteiger partial charge in [0.15, 0.2) is 0 Å². The van der Waals surface area contributed by atoms with Crippen LogP contribution >= 0.6 is 0 Å². The van der Waals surface area contributed by atoms with E-state index < -0.39 is 14.4 Å². The maximum absolute atomic E-state index is 11.4. The third-order valence-electron chi connectivity index (χ3n) is 1.49. The van der Waals surface area contributed by atoms with E-state index in [4.69, 9.17) is 18.0 Å². The molecule has 13 heavy (non-hydrogen) atoms. The van der Waals surface area contributed by atoms with Crippen molar-refractivity contribution >= 4 is 14.4 Å². The number of carbonyl (C=O) groups is 1. The lowest BCUT2D eigenvalue weighted by Crippen LogP contribution is -2.51. The minimum atomic E-state index is -3.22. The third kappa shape index (κ3) is 3.07. The Morgan fingerprint density at radius 1 is 1.15 bits per heavy atom. The molecule has 0 saturated carbocycles. The van der Waals surface area contributed by atoms with Crippen LogP contribution in [0.1, 0.15) is 13.3 Å². The largest absolute Gasteiger partial charge is 0.620 e. The van der Waals surface area contributed by atoms with Crippen molar-refractivity contribution in [1.29, 1.82) is 0 Å². The van der Waals surface area contributed by atoms with Crippen LogP contribution in [0.25, 0.3) is 0 Å². The normalized spacial score (nSPS) is 11.4. The number of carbonyl (C=O) groups excluding carboxylic acids is 1. The summed E-state index contributed by atoms with van der Waals surface area (Å²) in [6, 6.07) is 0. The van der Waals surface area contributed by atoms with Crippen molar-refractivity contribution in [2.75, 3.05) is 27.9 Å². The molecule has 0 aliphatic carbocycles. The molecule has 0 saturated heterocycles. The van der Waals surface area contributed by atoms with E-state index in [1.807, 2.05) is 6.92 Å². The second-order valence-electron chi connectivity index (χ2n) is 2.30. The average molecular weight is 208 g/mol. The van der Waals surface area contributed by atoms with Gasteiger partial charge in [-0.1, -0.05) is 6.92 Å². The Balaban J connectivity index is 4.26. The van der Waals surface area contributed by atoms with Gasteiger partial charge in [0.1, 0.15) is 0 Å². The van der Waals surface area contributed by atoms with Gasteiger partial charge in [-0.15, -0.1) is 0 Å². The summed E-state index contributed by atoms with van der Waals surface area (Å²) in [6.07, 6.45) is 0.757. The van der Waals surface area contributed by atoms with Gasteiger partial charge in [0.05, 0.1) is 6.61 Å². The monoisotopic (exact) mass is 208 g/mol. The van der Waals surface area contributed by atoms with Crippen LogP contribution in [0.5, 0.6) is 0 Å². The van der Waals surface area contributed by atoms with E-state index in [0.717, 1.165) is 6.42 Å². The van der Waals surface area contributed by atoms with Crippen molar-refractivity contribution in [3.8, 4) is 0 Å². The molecular formula is C7H16O5Si. The smallest absolute Gasteiger partial charge is 0.463 e. The van der Waals surface area contributed by atoms with Gasteiger partial charge in [0, 0.05) is 21.3 Å². The standard InChI is InChI=1S/C7H16O5Si/c1-5-6-12-7(8)13(9-2,10-3)11-4/h5-6H2,1-4H3. The summed E-state index contributed by atoms with van der Waals surface area (Å²) in [6.45, 7) is 2.26. The van der Waals surface area contributed by atoms with Crippen LogP contribution in [0.2, 0.25) is 0 Å². The van der Waals surface area contributed by atoms with Crippen molar-refractivity contribution in [3.63, 3.8) is 0 Å². The van der Waals surface area contributed by atoms with Gasteiger partial charge >= 0.3 is 14.4 Å². The highest BCUT2D eigenvalue weighted by Gasteiger charge is 2.50. The van der Waals surface area contributed by atoms with E-state index >= 15 is 0 Å². The summed E-state index contributed by atoms with van der Waals surface area (Å²) >= 11 is 0. The van der Waals surface area contributed by atoms with Gasteiger partial charge in [-0.2, -0.15) is 0 Å². The summed E-state index contributed by atoms with van der Waals surface area (Å²) in [7, 11) is 0.883. The van der Waals surface area contributed by atoms with Crippen molar-refractivity contribution < 1.29 is 22.8 Å². The molecule has 0 radical (unpaired) electrons. The molecule has 6 heteroatoms. The topological polar surface area (TPSA) is 54.0 Å². The summed E-state index contributed by atoms with van der Waals surface area (Å²) in [4.78, 5) is 11.4. The Labute approximate surface area is 79.3 Å². The van der Waals surface area contributed by atoms with Crippen LogP contribution in [-0.4, -0.2) is 42.3 Å². The molecule has 0 aromatic carbocycles. The van der Waals surface area contributed by atoms with E-state index in [0.29, 0.717) is 6.61 Å². The molecule has 0 amide bonds. The van der Waals surface area contributed by atoms with Crippen molar-refractivity contribution in [2.24, 2.45) is 0 Å². The summed E-state index contributed by atoms with van der Waals surface area (Å²) in [5.41, 5.74) is -0.540. The predicted octanol–water partition coefficient (Wildman–Crippen LogP) is 0.993. The Kier molecular flexibility index (Phi) is 5.88. The van der Waals surface area contributed by atoms with E-state index in [1.54, 1.807) is 0 Å². The second kappa shape index (κ2) is 6.09. The van der Waals surface area contributed by atoms with Gasteiger partial charge in [-0.05, 0) is 6.42 Å². The molecule has 5 nitrogen and oxygen atoms in total. The first kappa shape index (κ1) is 12.6. The first-order valence-corrected chi connectivity index (χ1v) is 5.72. The maximum atomic E-state index is 11.4. The number of hydrogen-bond acceptors (Lipinski definition) is 5. The molecule has 0 aromatic heterocycles. The number of rotatable bonds is 6. The molecule has 0 rings (SSSR count). The van der Waals surface area contributed by atoms with Gasteiger partial charge in [-0.3, -0.25) is 0 Å². The molecule has 0 spiro atoms. The van der Waals surface area contributed by atoms with E-state index in [-0.39, 0.29) is 0 Å². The summed E-state index contributed by atoms with van der Waals surface area (Å²) in [5.74, 6) is 0. The molecule has 0 aromatic rings. The van der Waals surface area contributed by atoms with E-state index in [1.165, 1.54) is 21.3 Å². The first-order valence-electron chi connectivity index (χ1n) is 3.99. The molecule has 0 heterocycles. The van der Waals surface area contributed by atoms with E-state index in [9.17, 15) is 4.79 Å². The van der Waals surface area contributed by atoms with Crippen molar-refractivity contribution in [3.05, 3.63) is 0 Å². The highest BCUT2D eigenvalue weighted by Crippen LogP contribution is 2.09. The molecule has 0 fully saturated rings. The summed E-state index contributed by atoms with van der Waals surface area (Å²) < 4.78 is 19.6. The molecule has 0 aliphatic heterocycles. The van der Waals surface area contributed by atoms with Gasteiger partial charge in [-0.25, -0.2) is 4.79 Å². The minimum absolute atomic E-state index is 0.351. The Bertz CT molecular complexity index is 149. The minimum Gasteiger partial charge on any atom is -0.463 e. The lowest BCUT2D eigenvalue weighted by atomic mass is 10.5. The summed E-state index contributed by atoms with van der Waals surface area (Å²) in [5, 5.41) is 0. The quantitative estimate of drug-likeness (QED) is 0.609. The first-order chi connectivity index (χ1) is 6.16. The Morgan fingerprint density at radius 3 is 1.92 bits per heavy atom. The Hall–Kier alpha value is -0.433. The lowest BCUT2D eigenvalue weighted by molar-refractivity contribution is 0.0960. The molecule has 78 valence electrons. The van der Waals surface area contributed by atoms with Crippen LogP contribution in [0.4, 0.5) is 4.79 Å². The van der Waals surface area contributed by atoms with Crippen LogP contribution in [0.15, 0.2) is 0 Å². The fourth-order valence-electron chi connectivity index (χ4n) is 0.783. The number of ether oxygens (including phenoxy) is 1. The Morgan fingerprint density at radius 2 is 1.62 bits per heavy atom. The second-order valence-corrected chi connectivity index (χ2v) is 5.05.